The summed E-state index contributed by atoms with van der Waals surface area (Å²) < 4.78 is 0. The van der Waals surface area contributed by atoms with Gasteiger partial charge in [-0.25, -0.2) is 4.79 Å². The van der Waals surface area contributed by atoms with Gasteiger partial charge in [-0.05, 0) is 44.4 Å². The maximum atomic E-state index is 11.0. The molecule has 0 radical (unpaired) electrons. The quantitative estimate of drug-likeness (QED) is 0.771. The summed E-state index contributed by atoms with van der Waals surface area (Å²) in [5.41, 5.74) is 7.76. The van der Waals surface area contributed by atoms with E-state index in [1.54, 1.807) is 18.2 Å². The second-order valence-electron chi connectivity index (χ2n) is 4.62. The Bertz CT molecular complexity index is 431. The van der Waals surface area contributed by atoms with Crippen molar-refractivity contribution in [3.63, 3.8) is 0 Å². The minimum absolute atomic E-state index is 0.298. The smallest absolute Gasteiger partial charge is 0.335 e. The van der Waals surface area contributed by atoms with Crippen molar-refractivity contribution in [3.8, 4) is 0 Å². The lowest BCUT2D eigenvalue weighted by molar-refractivity contribution is 0.0697. The molecule has 0 aromatic heterocycles. The van der Waals surface area contributed by atoms with Crippen molar-refractivity contribution in [3.05, 3.63) is 23.8 Å². The fraction of sp³-hybridized carbons (Fsp3) is 0.462. The normalized spacial score (nSPS) is 20.3. The maximum Gasteiger partial charge on any atom is 0.335 e. The first kappa shape index (κ1) is 11.8. The van der Waals surface area contributed by atoms with Crippen LogP contribution in [0.5, 0.6) is 0 Å². The first-order chi connectivity index (χ1) is 8.09. The van der Waals surface area contributed by atoms with Crippen molar-refractivity contribution in [1.29, 1.82) is 0 Å². The Balaban J connectivity index is 2.35. The van der Waals surface area contributed by atoms with Crippen molar-refractivity contribution in [2.75, 3.05) is 17.2 Å². The second kappa shape index (κ2) is 4.65. The van der Waals surface area contributed by atoms with Gasteiger partial charge >= 0.3 is 5.97 Å². The lowest BCUT2D eigenvalue weighted by Crippen LogP contribution is -2.37. The molecular formula is C13H18N2O2. The third-order valence-electron chi connectivity index (χ3n) is 3.39. The Morgan fingerprint density at radius 1 is 1.47 bits per heavy atom. The zero-order valence-electron chi connectivity index (χ0n) is 10.0. The molecule has 4 nitrogen and oxygen atoms in total. The summed E-state index contributed by atoms with van der Waals surface area (Å²) in [4.78, 5) is 13.2. The number of rotatable bonds is 2. The Morgan fingerprint density at radius 3 is 2.88 bits per heavy atom. The summed E-state index contributed by atoms with van der Waals surface area (Å²) in [7, 11) is 0. The van der Waals surface area contributed by atoms with Gasteiger partial charge in [-0.2, -0.15) is 0 Å². The number of carbonyl (C=O) groups is 1. The van der Waals surface area contributed by atoms with Gasteiger partial charge in [0.2, 0.25) is 0 Å². The van der Waals surface area contributed by atoms with Crippen LogP contribution in [0, 0.1) is 0 Å². The van der Waals surface area contributed by atoms with Gasteiger partial charge in [0.25, 0.3) is 0 Å². The molecule has 0 aliphatic carbocycles. The van der Waals surface area contributed by atoms with Gasteiger partial charge in [0, 0.05) is 12.6 Å². The zero-order valence-corrected chi connectivity index (χ0v) is 10.0. The monoisotopic (exact) mass is 234 g/mol. The molecule has 0 saturated carbocycles. The van der Waals surface area contributed by atoms with Crippen molar-refractivity contribution >= 4 is 17.3 Å². The Morgan fingerprint density at radius 2 is 2.24 bits per heavy atom. The van der Waals surface area contributed by atoms with E-state index in [0.29, 0.717) is 17.3 Å². The number of nitrogens with two attached hydrogens (primary N) is 1. The Labute approximate surface area is 101 Å². The average Bonchev–Trinajstić information content (AvgIpc) is 2.30. The highest BCUT2D eigenvalue weighted by Crippen LogP contribution is 2.30. The van der Waals surface area contributed by atoms with Crippen molar-refractivity contribution in [1.82, 2.24) is 0 Å². The number of anilines is 2. The van der Waals surface area contributed by atoms with Gasteiger partial charge in [0.15, 0.2) is 0 Å². The highest BCUT2D eigenvalue weighted by molar-refractivity contribution is 5.90. The summed E-state index contributed by atoms with van der Waals surface area (Å²) in [6, 6.07) is 5.34. The van der Waals surface area contributed by atoms with E-state index in [2.05, 4.69) is 11.8 Å². The van der Waals surface area contributed by atoms with Gasteiger partial charge in [-0.3, -0.25) is 0 Å². The Hall–Kier alpha value is -1.71. The summed E-state index contributed by atoms with van der Waals surface area (Å²) in [5, 5.41) is 9.01. The molecular weight excluding hydrogens is 216 g/mol. The number of nitrogen functional groups attached to an aromatic ring is 1. The molecule has 92 valence electrons. The lowest BCUT2D eigenvalue weighted by Gasteiger charge is -2.36. The fourth-order valence-electron chi connectivity index (χ4n) is 2.38. The van der Waals surface area contributed by atoms with E-state index in [9.17, 15) is 4.79 Å². The van der Waals surface area contributed by atoms with Crippen molar-refractivity contribution < 1.29 is 9.90 Å². The van der Waals surface area contributed by atoms with Crippen LogP contribution in [0.15, 0.2) is 18.2 Å². The van der Waals surface area contributed by atoms with Crippen LogP contribution in [0.2, 0.25) is 0 Å². The third kappa shape index (κ3) is 2.35. The molecule has 1 aromatic rings. The van der Waals surface area contributed by atoms with Crippen molar-refractivity contribution in [2.24, 2.45) is 0 Å². The number of piperidine rings is 1. The molecule has 1 aliphatic rings. The van der Waals surface area contributed by atoms with E-state index in [-0.39, 0.29) is 0 Å². The van der Waals surface area contributed by atoms with Crippen LogP contribution in [0.4, 0.5) is 11.4 Å². The van der Waals surface area contributed by atoms with Crippen LogP contribution in [-0.2, 0) is 0 Å². The van der Waals surface area contributed by atoms with Gasteiger partial charge in [-0.15, -0.1) is 0 Å². The molecule has 0 spiro atoms. The van der Waals surface area contributed by atoms with E-state index in [1.165, 1.54) is 6.42 Å². The number of hydrogen-bond donors (Lipinski definition) is 2. The first-order valence-corrected chi connectivity index (χ1v) is 5.99. The van der Waals surface area contributed by atoms with Gasteiger partial charge in [0.1, 0.15) is 0 Å². The molecule has 17 heavy (non-hydrogen) atoms. The highest BCUT2D eigenvalue weighted by atomic mass is 16.4. The maximum absolute atomic E-state index is 11.0. The average molecular weight is 234 g/mol. The highest BCUT2D eigenvalue weighted by Gasteiger charge is 2.21. The van der Waals surface area contributed by atoms with Gasteiger partial charge in [-0.1, -0.05) is 0 Å². The van der Waals surface area contributed by atoms with E-state index < -0.39 is 5.97 Å². The number of aromatic carboxylic acids is 1. The largest absolute Gasteiger partial charge is 0.478 e. The predicted molar refractivity (Wildman–Crippen MR) is 68.5 cm³/mol. The minimum Gasteiger partial charge on any atom is -0.478 e. The summed E-state index contributed by atoms with van der Waals surface area (Å²) >= 11 is 0. The number of nitrogens with zero attached hydrogens (tertiary/aromatic N) is 1. The summed E-state index contributed by atoms with van der Waals surface area (Å²) in [5.74, 6) is -0.907. The van der Waals surface area contributed by atoms with Crippen LogP contribution >= 0.6 is 0 Å². The van der Waals surface area contributed by atoms with Crippen LogP contribution in [0.25, 0.3) is 0 Å². The standard InChI is InChI=1S/C13H18N2O2/c1-9-4-2-3-7-15(9)12-8-10(13(16)17)5-6-11(12)14/h5-6,8-9H,2-4,7,14H2,1H3,(H,16,17). The fourth-order valence-corrected chi connectivity index (χ4v) is 2.38. The van der Waals surface area contributed by atoms with Crippen LogP contribution in [-0.4, -0.2) is 23.7 Å². The number of carboxylic acid groups (broad SMARTS) is 1. The molecule has 1 unspecified atom stereocenters. The number of carboxylic acids is 1. The van der Waals surface area contributed by atoms with Crippen molar-refractivity contribution in [2.45, 2.75) is 32.2 Å². The van der Waals surface area contributed by atoms with Crippen LogP contribution < -0.4 is 10.6 Å². The molecule has 1 aromatic carbocycles. The molecule has 1 fully saturated rings. The van der Waals surface area contributed by atoms with Gasteiger partial charge in [0.05, 0.1) is 16.9 Å². The minimum atomic E-state index is -0.907. The van der Waals surface area contributed by atoms with E-state index in [4.69, 9.17) is 10.8 Å². The molecule has 1 aliphatic heterocycles. The lowest BCUT2D eigenvalue weighted by atomic mass is 10.0. The summed E-state index contributed by atoms with van der Waals surface area (Å²) in [6.45, 7) is 3.11. The predicted octanol–water partition coefficient (Wildman–Crippen LogP) is 2.35. The molecule has 4 heteroatoms. The Kier molecular flexibility index (Phi) is 3.22. The van der Waals surface area contributed by atoms with Gasteiger partial charge < -0.3 is 15.7 Å². The molecule has 3 N–H and O–H groups in total. The molecule has 2 rings (SSSR count). The molecule has 1 saturated heterocycles. The molecule has 0 bridgehead atoms. The van der Waals surface area contributed by atoms with E-state index in [1.807, 2.05) is 0 Å². The number of hydrogen-bond acceptors (Lipinski definition) is 3. The third-order valence-corrected chi connectivity index (χ3v) is 3.39. The topological polar surface area (TPSA) is 66.6 Å². The van der Waals surface area contributed by atoms with Crippen LogP contribution in [0.1, 0.15) is 36.5 Å². The molecule has 1 heterocycles. The second-order valence-corrected chi connectivity index (χ2v) is 4.62. The van der Waals surface area contributed by atoms with E-state index >= 15 is 0 Å². The SMILES string of the molecule is CC1CCCCN1c1cc(C(=O)O)ccc1N. The van der Waals surface area contributed by atoms with E-state index in [0.717, 1.165) is 25.1 Å². The number of benzene rings is 1. The molecule has 1 atom stereocenters. The zero-order chi connectivity index (χ0) is 12.4. The molecule has 0 amide bonds. The first-order valence-electron chi connectivity index (χ1n) is 5.99. The van der Waals surface area contributed by atoms with Crippen LogP contribution in [0.3, 0.4) is 0 Å². The summed E-state index contributed by atoms with van der Waals surface area (Å²) in [6.07, 6.45) is 3.51.